The Hall–Kier alpha value is -3.18. The van der Waals surface area contributed by atoms with Gasteiger partial charge in [0.1, 0.15) is 11.6 Å². The lowest BCUT2D eigenvalue weighted by Gasteiger charge is -2.17. The van der Waals surface area contributed by atoms with Crippen LogP contribution in [-0.2, 0) is 11.3 Å². The number of anilines is 1. The molecule has 1 aliphatic rings. The minimum atomic E-state index is -0.244. The van der Waals surface area contributed by atoms with E-state index in [4.69, 9.17) is 16.6 Å². The van der Waals surface area contributed by atoms with E-state index in [1.54, 1.807) is 29.2 Å². The van der Waals surface area contributed by atoms with Gasteiger partial charge in [0.25, 0.3) is 0 Å². The molecule has 5 rings (SSSR count). The van der Waals surface area contributed by atoms with Gasteiger partial charge in [-0.1, -0.05) is 41.9 Å². The Morgan fingerprint density at radius 3 is 2.53 bits per heavy atom. The van der Waals surface area contributed by atoms with E-state index in [0.717, 1.165) is 22.5 Å². The maximum Gasteiger partial charge on any atom is 0.227 e. The summed E-state index contributed by atoms with van der Waals surface area (Å²) in [5, 5.41) is 0.633. The lowest BCUT2D eigenvalue weighted by atomic mass is 10.1. The van der Waals surface area contributed by atoms with Crippen molar-refractivity contribution in [3.05, 3.63) is 95.0 Å². The predicted molar refractivity (Wildman–Crippen MR) is 116 cm³/mol. The second kappa shape index (κ2) is 7.58. The fourth-order valence-corrected chi connectivity index (χ4v) is 4.25. The zero-order valence-corrected chi connectivity index (χ0v) is 16.9. The first-order chi connectivity index (χ1) is 14.6. The van der Waals surface area contributed by atoms with Gasteiger partial charge in [-0.05, 0) is 42.5 Å². The molecule has 150 valence electrons. The normalized spacial score (nSPS) is 16.5. The molecule has 3 aromatic carbocycles. The molecule has 6 heteroatoms. The molecule has 0 unspecified atom stereocenters. The summed E-state index contributed by atoms with van der Waals surface area (Å²) in [4.78, 5) is 19.4. The summed E-state index contributed by atoms with van der Waals surface area (Å²) < 4.78 is 16.4. The maximum atomic E-state index is 14.4. The molecule has 1 atom stereocenters. The van der Waals surface area contributed by atoms with Crippen molar-refractivity contribution in [3.63, 3.8) is 0 Å². The number of imidazole rings is 1. The second-order valence-electron chi connectivity index (χ2n) is 7.52. The molecule has 1 aliphatic heterocycles. The van der Waals surface area contributed by atoms with Gasteiger partial charge in [0.15, 0.2) is 0 Å². The summed E-state index contributed by atoms with van der Waals surface area (Å²) in [6, 6.07) is 21.9. The highest BCUT2D eigenvalue weighted by Crippen LogP contribution is 2.34. The van der Waals surface area contributed by atoms with Crippen molar-refractivity contribution < 1.29 is 9.18 Å². The second-order valence-corrected chi connectivity index (χ2v) is 7.95. The standard InChI is InChI=1S/C24H19ClFN3O/c25-18-9-11-19(12-10-18)28-15-17(13-23(28)30)24-27-21-7-3-4-8-22(21)29(24)14-16-5-1-2-6-20(16)26/h1-12,17H,13-15H2/t17-/m0/s1. The van der Waals surface area contributed by atoms with Crippen LogP contribution in [0.3, 0.4) is 0 Å². The van der Waals surface area contributed by atoms with Crippen molar-refractivity contribution in [3.8, 4) is 0 Å². The number of carbonyl (C=O) groups is 1. The van der Waals surface area contributed by atoms with Crippen molar-refractivity contribution in [2.75, 3.05) is 11.4 Å². The van der Waals surface area contributed by atoms with Crippen molar-refractivity contribution in [2.45, 2.75) is 18.9 Å². The van der Waals surface area contributed by atoms with Crippen LogP contribution < -0.4 is 4.90 Å². The molecule has 4 aromatic rings. The summed E-state index contributed by atoms with van der Waals surface area (Å²) in [6.45, 7) is 0.898. The molecule has 1 saturated heterocycles. The summed E-state index contributed by atoms with van der Waals surface area (Å²) in [5.41, 5.74) is 3.21. The Morgan fingerprint density at radius 1 is 1.00 bits per heavy atom. The Bertz CT molecular complexity index is 1230. The third-order valence-corrected chi connectivity index (χ3v) is 5.85. The van der Waals surface area contributed by atoms with Crippen molar-refractivity contribution in [2.24, 2.45) is 0 Å². The third kappa shape index (κ3) is 3.35. The first-order valence-corrected chi connectivity index (χ1v) is 10.2. The van der Waals surface area contributed by atoms with Gasteiger partial charge in [-0.15, -0.1) is 0 Å². The Kier molecular flexibility index (Phi) is 4.75. The third-order valence-electron chi connectivity index (χ3n) is 5.60. The van der Waals surface area contributed by atoms with E-state index < -0.39 is 0 Å². The number of hydrogen-bond acceptors (Lipinski definition) is 2. The Labute approximate surface area is 178 Å². The molecule has 0 bridgehead atoms. The van der Waals surface area contributed by atoms with Gasteiger partial charge in [-0.2, -0.15) is 0 Å². The largest absolute Gasteiger partial charge is 0.323 e. The van der Waals surface area contributed by atoms with Gasteiger partial charge in [0, 0.05) is 35.2 Å². The van der Waals surface area contributed by atoms with Gasteiger partial charge >= 0.3 is 0 Å². The fourth-order valence-electron chi connectivity index (χ4n) is 4.12. The summed E-state index contributed by atoms with van der Waals surface area (Å²) in [7, 11) is 0. The van der Waals surface area contributed by atoms with E-state index in [1.165, 1.54) is 6.07 Å². The molecule has 1 fully saturated rings. The number of nitrogens with zero attached hydrogens (tertiary/aromatic N) is 3. The number of aromatic nitrogens is 2. The SMILES string of the molecule is O=C1C[C@H](c2nc3ccccc3n2Cc2ccccc2F)CN1c1ccc(Cl)cc1. The molecule has 1 amide bonds. The van der Waals surface area contributed by atoms with Crippen LogP contribution in [0, 0.1) is 5.82 Å². The summed E-state index contributed by atoms with van der Waals surface area (Å²) in [6.07, 6.45) is 0.364. The molecule has 0 saturated carbocycles. The van der Waals surface area contributed by atoms with Crippen LogP contribution in [0.25, 0.3) is 11.0 Å². The number of fused-ring (bicyclic) bond motifs is 1. The Balaban J connectivity index is 1.53. The highest BCUT2D eigenvalue weighted by molar-refractivity contribution is 6.30. The van der Waals surface area contributed by atoms with Gasteiger partial charge in [0.2, 0.25) is 5.91 Å². The van der Waals surface area contributed by atoms with E-state index in [2.05, 4.69) is 0 Å². The minimum Gasteiger partial charge on any atom is -0.323 e. The van der Waals surface area contributed by atoms with E-state index in [-0.39, 0.29) is 17.6 Å². The van der Waals surface area contributed by atoms with Gasteiger partial charge in [-0.3, -0.25) is 4.79 Å². The van der Waals surface area contributed by atoms with Crippen LogP contribution >= 0.6 is 11.6 Å². The van der Waals surface area contributed by atoms with Gasteiger partial charge in [-0.25, -0.2) is 9.37 Å². The van der Waals surface area contributed by atoms with E-state index in [9.17, 15) is 9.18 Å². The summed E-state index contributed by atoms with van der Waals surface area (Å²) in [5.74, 6) is 0.537. The molecular weight excluding hydrogens is 401 g/mol. The molecule has 30 heavy (non-hydrogen) atoms. The monoisotopic (exact) mass is 419 g/mol. The average molecular weight is 420 g/mol. The Morgan fingerprint density at radius 2 is 1.73 bits per heavy atom. The van der Waals surface area contributed by atoms with Crippen LogP contribution in [0.2, 0.25) is 5.02 Å². The summed E-state index contributed by atoms with van der Waals surface area (Å²) >= 11 is 5.99. The maximum absolute atomic E-state index is 14.4. The molecule has 4 nitrogen and oxygen atoms in total. The minimum absolute atomic E-state index is 0.0480. The topological polar surface area (TPSA) is 38.1 Å². The smallest absolute Gasteiger partial charge is 0.227 e. The van der Waals surface area contributed by atoms with Crippen molar-refractivity contribution in [1.29, 1.82) is 0 Å². The first-order valence-electron chi connectivity index (χ1n) is 9.84. The van der Waals surface area contributed by atoms with Crippen LogP contribution in [0.4, 0.5) is 10.1 Å². The molecule has 0 N–H and O–H groups in total. The molecule has 0 aliphatic carbocycles. The van der Waals surface area contributed by atoms with Crippen LogP contribution in [-0.4, -0.2) is 22.0 Å². The number of benzene rings is 3. The average Bonchev–Trinajstić information content (AvgIpc) is 3.31. The number of amides is 1. The lowest BCUT2D eigenvalue weighted by molar-refractivity contribution is -0.117. The van der Waals surface area contributed by atoms with E-state index in [1.807, 2.05) is 47.0 Å². The zero-order chi connectivity index (χ0) is 20.7. The van der Waals surface area contributed by atoms with E-state index >= 15 is 0 Å². The molecule has 0 spiro atoms. The highest BCUT2D eigenvalue weighted by Gasteiger charge is 2.35. The van der Waals surface area contributed by atoms with Crippen molar-refractivity contribution >= 4 is 34.2 Å². The van der Waals surface area contributed by atoms with Crippen LogP contribution in [0.1, 0.15) is 23.7 Å². The van der Waals surface area contributed by atoms with E-state index in [0.29, 0.717) is 30.1 Å². The number of rotatable bonds is 4. The molecule has 2 heterocycles. The quantitative estimate of drug-likeness (QED) is 0.444. The molecular formula is C24H19ClFN3O. The predicted octanol–water partition coefficient (Wildman–Crippen LogP) is 5.40. The fraction of sp³-hybridized carbons (Fsp3) is 0.167. The van der Waals surface area contributed by atoms with Gasteiger partial charge < -0.3 is 9.47 Å². The van der Waals surface area contributed by atoms with Crippen LogP contribution in [0.5, 0.6) is 0 Å². The molecule has 1 aromatic heterocycles. The first kappa shape index (κ1) is 18.8. The number of para-hydroxylation sites is 2. The number of hydrogen-bond donors (Lipinski definition) is 0. The van der Waals surface area contributed by atoms with Crippen molar-refractivity contribution in [1.82, 2.24) is 9.55 Å². The van der Waals surface area contributed by atoms with Gasteiger partial charge in [0.05, 0.1) is 17.6 Å². The number of carbonyl (C=O) groups excluding carboxylic acids is 1. The zero-order valence-electron chi connectivity index (χ0n) is 16.1. The lowest BCUT2D eigenvalue weighted by Crippen LogP contribution is -2.24. The number of halogens is 2. The van der Waals surface area contributed by atoms with Crippen LogP contribution in [0.15, 0.2) is 72.8 Å². The highest BCUT2D eigenvalue weighted by atomic mass is 35.5. The molecule has 0 radical (unpaired) electrons.